The first-order valence-electron chi connectivity index (χ1n) is 7.05. The van der Waals surface area contributed by atoms with Crippen LogP contribution in [0.15, 0.2) is 53.4 Å². The van der Waals surface area contributed by atoms with Gasteiger partial charge in [-0.25, -0.2) is 17.5 Å². The third-order valence-corrected chi connectivity index (χ3v) is 4.66. The molecule has 0 spiro atoms. The van der Waals surface area contributed by atoms with Crippen molar-refractivity contribution in [3.8, 4) is 0 Å². The molecule has 2 aromatic carbocycles. The topological polar surface area (TPSA) is 75.3 Å². The Morgan fingerprint density at radius 1 is 1.13 bits per heavy atom. The zero-order chi connectivity index (χ0) is 16.9. The number of carbonyl (C=O) groups excluding carboxylic acids is 1. The molecule has 23 heavy (non-hydrogen) atoms. The molecule has 2 rings (SSSR count). The van der Waals surface area contributed by atoms with Crippen LogP contribution in [0.1, 0.15) is 22.8 Å². The lowest BCUT2D eigenvalue weighted by Gasteiger charge is -2.07. The van der Waals surface area contributed by atoms with E-state index in [1.165, 1.54) is 36.4 Å². The van der Waals surface area contributed by atoms with Crippen LogP contribution in [-0.4, -0.2) is 20.9 Å². The quantitative estimate of drug-likeness (QED) is 0.848. The summed E-state index contributed by atoms with van der Waals surface area (Å²) in [6, 6.07) is 11.5. The van der Waals surface area contributed by atoms with Gasteiger partial charge in [-0.05, 0) is 42.0 Å². The summed E-state index contributed by atoms with van der Waals surface area (Å²) < 4.78 is 39.1. The molecule has 0 aliphatic carbocycles. The van der Waals surface area contributed by atoms with Crippen molar-refractivity contribution < 1.29 is 17.6 Å². The van der Waals surface area contributed by atoms with Crippen molar-refractivity contribution in [3.05, 3.63) is 65.5 Å². The predicted octanol–water partition coefficient (Wildman–Crippen LogP) is 2.05. The van der Waals surface area contributed by atoms with Crippen molar-refractivity contribution in [2.75, 3.05) is 6.54 Å². The second kappa shape index (κ2) is 7.34. The summed E-state index contributed by atoms with van der Waals surface area (Å²) >= 11 is 0. The average molecular weight is 336 g/mol. The summed E-state index contributed by atoms with van der Waals surface area (Å²) in [6.07, 6.45) is 0. The average Bonchev–Trinajstić information content (AvgIpc) is 2.53. The van der Waals surface area contributed by atoms with Gasteiger partial charge in [-0.1, -0.05) is 19.1 Å². The zero-order valence-electron chi connectivity index (χ0n) is 12.5. The maximum absolute atomic E-state index is 13.1. The van der Waals surface area contributed by atoms with Crippen LogP contribution in [0.4, 0.5) is 4.39 Å². The molecule has 0 radical (unpaired) electrons. The number of amides is 1. The fraction of sp³-hybridized carbons (Fsp3) is 0.188. The van der Waals surface area contributed by atoms with Gasteiger partial charge >= 0.3 is 0 Å². The highest BCUT2D eigenvalue weighted by Crippen LogP contribution is 2.11. The molecule has 0 fully saturated rings. The number of nitrogens with one attached hydrogen (secondary N) is 2. The van der Waals surface area contributed by atoms with Crippen LogP contribution < -0.4 is 10.0 Å². The normalized spacial score (nSPS) is 11.2. The fourth-order valence-corrected chi connectivity index (χ4v) is 3.03. The standard InChI is InChI=1S/C16H17FN2O3S/c1-2-19-23(21,22)15-8-6-13(7-9-15)16(20)18-11-12-4-3-5-14(17)10-12/h3-10,19H,2,11H2,1H3,(H,18,20). The summed E-state index contributed by atoms with van der Waals surface area (Å²) in [6.45, 7) is 2.16. The van der Waals surface area contributed by atoms with Crippen LogP contribution in [-0.2, 0) is 16.6 Å². The van der Waals surface area contributed by atoms with E-state index >= 15 is 0 Å². The smallest absolute Gasteiger partial charge is 0.251 e. The highest BCUT2D eigenvalue weighted by Gasteiger charge is 2.13. The minimum Gasteiger partial charge on any atom is -0.348 e. The SMILES string of the molecule is CCNS(=O)(=O)c1ccc(C(=O)NCc2cccc(F)c2)cc1. The molecular weight excluding hydrogens is 319 g/mol. The van der Waals surface area contributed by atoms with Gasteiger partial charge in [0.05, 0.1) is 4.90 Å². The minimum absolute atomic E-state index is 0.0982. The Labute approximate surface area is 134 Å². The van der Waals surface area contributed by atoms with Gasteiger partial charge in [0.1, 0.15) is 5.82 Å². The lowest BCUT2D eigenvalue weighted by Crippen LogP contribution is -2.24. The zero-order valence-corrected chi connectivity index (χ0v) is 13.4. The summed E-state index contributed by atoms with van der Waals surface area (Å²) in [5, 5.41) is 2.66. The molecule has 7 heteroatoms. The molecule has 0 aliphatic rings. The number of carbonyl (C=O) groups is 1. The van der Waals surface area contributed by atoms with E-state index in [0.717, 1.165) is 0 Å². The van der Waals surface area contributed by atoms with E-state index in [0.29, 0.717) is 11.1 Å². The number of sulfonamides is 1. The van der Waals surface area contributed by atoms with E-state index in [2.05, 4.69) is 10.0 Å². The van der Waals surface area contributed by atoms with Crippen molar-refractivity contribution in [2.45, 2.75) is 18.4 Å². The molecule has 0 heterocycles. The summed E-state index contributed by atoms with van der Waals surface area (Å²) in [5.41, 5.74) is 0.974. The van der Waals surface area contributed by atoms with Gasteiger partial charge < -0.3 is 5.32 Å². The molecule has 1 amide bonds. The summed E-state index contributed by atoms with van der Waals surface area (Å²) in [7, 11) is -3.54. The van der Waals surface area contributed by atoms with E-state index in [-0.39, 0.29) is 29.7 Å². The van der Waals surface area contributed by atoms with Crippen LogP contribution in [0.3, 0.4) is 0 Å². The van der Waals surface area contributed by atoms with Crippen molar-refractivity contribution in [3.63, 3.8) is 0 Å². The van der Waals surface area contributed by atoms with Gasteiger partial charge in [0.2, 0.25) is 10.0 Å². The second-order valence-electron chi connectivity index (χ2n) is 4.84. The monoisotopic (exact) mass is 336 g/mol. The maximum Gasteiger partial charge on any atom is 0.251 e. The molecule has 0 aliphatic heterocycles. The Morgan fingerprint density at radius 2 is 1.83 bits per heavy atom. The van der Waals surface area contributed by atoms with Gasteiger partial charge in [-0.15, -0.1) is 0 Å². The third-order valence-electron chi connectivity index (χ3n) is 3.10. The molecule has 2 N–H and O–H groups in total. The Bertz CT molecular complexity index is 789. The summed E-state index contributed by atoms with van der Waals surface area (Å²) in [5.74, 6) is -0.726. The first kappa shape index (κ1) is 17.1. The molecule has 0 aromatic heterocycles. The van der Waals surface area contributed by atoms with Gasteiger partial charge in [-0.3, -0.25) is 4.79 Å². The van der Waals surface area contributed by atoms with E-state index in [1.54, 1.807) is 19.1 Å². The van der Waals surface area contributed by atoms with Gasteiger partial charge in [-0.2, -0.15) is 0 Å². The Morgan fingerprint density at radius 3 is 2.43 bits per heavy atom. The Hall–Kier alpha value is -2.25. The maximum atomic E-state index is 13.1. The molecule has 0 unspecified atom stereocenters. The first-order chi connectivity index (χ1) is 10.9. The van der Waals surface area contributed by atoms with Crippen LogP contribution in [0, 0.1) is 5.82 Å². The van der Waals surface area contributed by atoms with Gasteiger partial charge in [0, 0.05) is 18.7 Å². The largest absolute Gasteiger partial charge is 0.348 e. The number of halogens is 1. The molecule has 0 atom stereocenters. The van der Waals surface area contributed by atoms with E-state index in [4.69, 9.17) is 0 Å². The molecule has 2 aromatic rings. The Balaban J connectivity index is 2.03. The number of rotatable bonds is 6. The van der Waals surface area contributed by atoms with Crippen LogP contribution >= 0.6 is 0 Å². The molecule has 122 valence electrons. The van der Waals surface area contributed by atoms with Crippen LogP contribution in [0.2, 0.25) is 0 Å². The van der Waals surface area contributed by atoms with E-state index in [9.17, 15) is 17.6 Å². The minimum atomic E-state index is -3.54. The van der Waals surface area contributed by atoms with Crippen LogP contribution in [0.5, 0.6) is 0 Å². The molecule has 0 bridgehead atoms. The van der Waals surface area contributed by atoms with Crippen LogP contribution in [0.25, 0.3) is 0 Å². The summed E-state index contributed by atoms with van der Waals surface area (Å²) in [4.78, 5) is 12.1. The van der Waals surface area contributed by atoms with Crippen molar-refractivity contribution in [1.29, 1.82) is 0 Å². The molecule has 0 saturated heterocycles. The first-order valence-corrected chi connectivity index (χ1v) is 8.53. The van der Waals surface area contributed by atoms with Crippen molar-refractivity contribution in [1.82, 2.24) is 10.0 Å². The van der Waals surface area contributed by atoms with E-state index in [1.807, 2.05) is 0 Å². The highest BCUT2D eigenvalue weighted by atomic mass is 32.2. The Kier molecular flexibility index (Phi) is 5.46. The van der Waals surface area contributed by atoms with E-state index < -0.39 is 10.0 Å². The van der Waals surface area contributed by atoms with Gasteiger partial charge in [0.15, 0.2) is 0 Å². The molecule has 5 nitrogen and oxygen atoms in total. The van der Waals surface area contributed by atoms with Crippen molar-refractivity contribution in [2.24, 2.45) is 0 Å². The van der Waals surface area contributed by atoms with Gasteiger partial charge in [0.25, 0.3) is 5.91 Å². The lowest BCUT2D eigenvalue weighted by atomic mass is 10.2. The fourth-order valence-electron chi connectivity index (χ4n) is 1.99. The lowest BCUT2D eigenvalue weighted by molar-refractivity contribution is 0.0950. The number of benzene rings is 2. The number of hydrogen-bond acceptors (Lipinski definition) is 3. The third kappa shape index (κ3) is 4.61. The predicted molar refractivity (Wildman–Crippen MR) is 84.9 cm³/mol. The van der Waals surface area contributed by atoms with Crippen molar-refractivity contribution >= 4 is 15.9 Å². The highest BCUT2D eigenvalue weighted by molar-refractivity contribution is 7.89. The number of hydrogen-bond donors (Lipinski definition) is 2. The molecule has 0 saturated carbocycles. The second-order valence-corrected chi connectivity index (χ2v) is 6.61. The molecular formula is C16H17FN2O3S.